The molecule has 102 valence electrons. The summed E-state index contributed by atoms with van der Waals surface area (Å²) >= 11 is 3.31. The van der Waals surface area contributed by atoms with E-state index in [-0.39, 0.29) is 17.9 Å². The molecule has 6 heteroatoms. The Morgan fingerprint density at radius 2 is 2.21 bits per heavy atom. The standard InChI is InChI=1S/C13H16BrN3O2/c1-16-12(18)11-3-2-6-17(11)13(19)9-5-4-8(14)7-10(9)15/h4-5,7,11H,2-3,6,15H2,1H3,(H,16,18). The zero-order chi connectivity index (χ0) is 14.0. The van der Waals surface area contributed by atoms with E-state index in [1.807, 2.05) is 0 Å². The number of nitrogen functional groups attached to an aromatic ring is 1. The largest absolute Gasteiger partial charge is 0.398 e. The van der Waals surface area contributed by atoms with Crippen LogP contribution in [-0.4, -0.2) is 36.3 Å². The molecule has 2 rings (SSSR count). The zero-order valence-corrected chi connectivity index (χ0v) is 12.2. The van der Waals surface area contributed by atoms with Gasteiger partial charge < -0.3 is 16.0 Å². The number of carbonyl (C=O) groups excluding carboxylic acids is 2. The van der Waals surface area contributed by atoms with E-state index < -0.39 is 0 Å². The number of hydrogen-bond donors (Lipinski definition) is 2. The average Bonchev–Trinajstić information content (AvgIpc) is 2.86. The van der Waals surface area contributed by atoms with Gasteiger partial charge in [-0.1, -0.05) is 15.9 Å². The molecule has 1 atom stereocenters. The third-order valence-electron chi connectivity index (χ3n) is 3.31. The molecule has 1 aliphatic heterocycles. The van der Waals surface area contributed by atoms with Crippen molar-refractivity contribution in [3.8, 4) is 0 Å². The number of likely N-dealkylation sites (N-methyl/N-ethyl adjacent to an activating group) is 1. The minimum absolute atomic E-state index is 0.124. The van der Waals surface area contributed by atoms with Gasteiger partial charge in [0.15, 0.2) is 0 Å². The van der Waals surface area contributed by atoms with Crippen molar-refractivity contribution in [3.05, 3.63) is 28.2 Å². The molecule has 0 aromatic heterocycles. The van der Waals surface area contributed by atoms with E-state index in [4.69, 9.17) is 5.73 Å². The highest BCUT2D eigenvalue weighted by atomic mass is 79.9. The fourth-order valence-corrected chi connectivity index (χ4v) is 2.71. The first-order valence-corrected chi connectivity index (χ1v) is 6.91. The number of likely N-dealkylation sites (tertiary alicyclic amines) is 1. The quantitative estimate of drug-likeness (QED) is 0.807. The van der Waals surface area contributed by atoms with E-state index in [0.29, 0.717) is 24.2 Å². The van der Waals surface area contributed by atoms with Crippen LogP contribution in [0.2, 0.25) is 0 Å². The number of anilines is 1. The summed E-state index contributed by atoms with van der Waals surface area (Å²) in [6.07, 6.45) is 1.53. The molecule has 5 nitrogen and oxygen atoms in total. The monoisotopic (exact) mass is 325 g/mol. The minimum atomic E-state index is -0.388. The zero-order valence-electron chi connectivity index (χ0n) is 10.6. The number of nitrogens with one attached hydrogen (secondary N) is 1. The topological polar surface area (TPSA) is 75.4 Å². The number of benzene rings is 1. The fourth-order valence-electron chi connectivity index (χ4n) is 2.33. The van der Waals surface area contributed by atoms with Crippen LogP contribution >= 0.6 is 15.9 Å². The molecule has 19 heavy (non-hydrogen) atoms. The molecule has 0 aliphatic carbocycles. The number of halogens is 1. The SMILES string of the molecule is CNC(=O)C1CCCN1C(=O)c1ccc(Br)cc1N. The van der Waals surface area contributed by atoms with Crippen LogP contribution in [0.5, 0.6) is 0 Å². The summed E-state index contributed by atoms with van der Waals surface area (Å²) in [6, 6.07) is 4.76. The Bertz CT molecular complexity index is 519. The second-order valence-corrected chi connectivity index (χ2v) is 5.42. The normalized spacial score (nSPS) is 18.4. The first-order chi connectivity index (χ1) is 9.04. The van der Waals surface area contributed by atoms with Crippen LogP contribution < -0.4 is 11.1 Å². The Balaban J connectivity index is 2.25. The van der Waals surface area contributed by atoms with Gasteiger partial charge in [-0.15, -0.1) is 0 Å². The molecule has 0 bridgehead atoms. The maximum atomic E-state index is 12.5. The van der Waals surface area contributed by atoms with Gasteiger partial charge >= 0.3 is 0 Å². The molecule has 1 aromatic rings. The molecule has 0 saturated carbocycles. The molecule has 0 radical (unpaired) electrons. The molecule has 1 aromatic carbocycles. The summed E-state index contributed by atoms with van der Waals surface area (Å²) in [7, 11) is 1.58. The number of hydrogen-bond acceptors (Lipinski definition) is 3. The highest BCUT2D eigenvalue weighted by Crippen LogP contribution is 2.24. The van der Waals surface area contributed by atoms with E-state index in [0.717, 1.165) is 10.9 Å². The van der Waals surface area contributed by atoms with Crippen molar-refractivity contribution in [1.82, 2.24) is 10.2 Å². The maximum Gasteiger partial charge on any atom is 0.256 e. The van der Waals surface area contributed by atoms with Crippen molar-refractivity contribution in [2.24, 2.45) is 0 Å². The van der Waals surface area contributed by atoms with Gasteiger partial charge in [0.25, 0.3) is 5.91 Å². The predicted octanol–water partition coefficient (Wildman–Crippen LogP) is 1.38. The highest BCUT2D eigenvalue weighted by molar-refractivity contribution is 9.10. The number of rotatable bonds is 2. The van der Waals surface area contributed by atoms with Crippen molar-refractivity contribution >= 4 is 33.4 Å². The summed E-state index contributed by atoms with van der Waals surface area (Å²) in [4.78, 5) is 25.8. The third kappa shape index (κ3) is 2.73. The van der Waals surface area contributed by atoms with Gasteiger partial charge in [0.05, 0.1) is 5.56 Å². The number of nitrogens with zero attached hydrogens (tertiary/aromatic N) is 1. The number of carbonyl (C=O) groups is 2. The molecule has 1 saturated heterocycles. The van der Waals surface area contributed by atoms with E-state index in [1.165, 1.54) is 0 Å². The first kappa shape index (κ1) is 13.9. The molecule has 1 aliphatic rings. The summed E-state index contributed by atoms with van der Waals surface area (Å²) in [5.74, 6) is -0.308. The highest BCUT2D eigenvalue weighted by Gasteiger charge is 2.34. The lowest BCUT2D eigenvalue weighted by molar-refractivity contribution is -0.124. The summed E-state index contributed by atoms with van der Waals surface area (Å²) < 4.78 is 0.825. The van der Waals surface area contributed by atoms with Gasteiger partial charge in [-0.2, -0.15) is 0 Å². The van der Waals surface area contributed by atoms with Gasteiger partial charge in [0, 0.05) is 23.8 Å². The van der Waals surface area contributed by atoms with Crippen LogP contribution in [0.4, 0.5) is 5.69 Å². The lowest BCUT2D eigenvalue weighted by Crippen LogP contribution is -2.45. The lowest BCUT2D eigenvalue weighted by atomic mass is 10.1. The number of amides is 2. The molecule has 1 unspecified atom stereocenters. The molecular formula is C13H16BrN3O2. The van der Waals surface area contributed by atoms with Crippen molar-refractivity contribution in [3.63, 3.8) is 0 Å². The summed E-state index contributed by atoms with van der Waals surface area (Å²) in [5, 5.41) is 2.60. The Labute approximate surface area is 120 Å². The Hall–Kier alpha value is -1.56. The number of nitrogens with two attached hydrogens (primary N) is 1. The Kier molecular flexibility index (Phi) is 4.09. The van der Waals surface area contributed by atoms with Crippen LogP contribution in [0.25, 0.3) is 0 Å². The van der Waals surface area contributed by atoms with E-state index >= 15 is 0 Å². The van der Waals surface area contributed by atoms with E-state index in [9.17, 15) is 9.59 Å². The Morgan fingerprint density at radius 3 is 2.84 bits per heavy atom. The predicted molar refractivity (Wildman–Crippen MR) is 76.7 cm³/mol. The van der Waals surface area contributed by atoms with Gasteiger partial charge in [-0.05, 0) is 31.0 Å². The van der Waals surface area contributed by atoms with Gasteiger partial charge in [0.1, 0.15) is 6.04 Å². The molecule has 3 N–H and O–H groups in total. The second-order valence-electron chi connectivity index (χ2n) is 4.50. The molecule has 0 spiro atoms. The van der Waals surface area contributed by atoms with Crippen LogP contribution in [0.15, 0.2) is 22.7 Å². The molecule has 1 heterocycles. The third-order valence-corrected chi connectivity index (χ3v) is 3.80. The van der Waals surface area contributed by atoms with Crippen LogP contribution in [0.1, 0.15) is 23.2 Å². The van der Waals surface area contributed by atoms with E-state index in [2.05, 4.69) is 21.2 Å². The van der Waals surface area contributed by atoms with Crippen molar-refractivity contribution in [1.29, 1.82) is 0 Å². The van der Waals surface area contributed by atoms with Crippen molar-refractivity contribution in [2.45, 2.75) is 18.9 Å². The van der Waals surface area contributed by atoms with Crippen molar-refractivity contribution < 1.29 is 9.59 Å². The van der Waals surface area contributed by atoms with E-state index in [1.54, 1.807) is 30.1 Å². The van der Waals surface area contributed by atoms with Gasteiger partial charge in [0.2, 0.25) is 5.91 Å². The van der Waals surface area contributed by atoms with Gasteiger partial charge in [-0.3, -0.25) is 9.59 Å². The van der Waals surface area contributed by atoms with Crippen molar-refractivity contribution in [2.75, 3.05) is 19.3 Å². The van der Waals surface area contributed by atoms with Gasteiger partial charge in [-0.25, -0.2) is 0 Å². The Morgan fingerprint density at radius 1 is 1.47 bits per heavy atom. The molecular weight excluding hydrogens is 310 g/mol. The average molecular weight is 326 g/mol. The smallest absolute Gasteiger partial charge is 0.256 e. The van der Waals surface area contributed by atoms with Crippen LogP contribution in [-0.2, 0) is 4.79 Å². The lowest BCUT2D eigenvalue weighted by Gasteiger charge is -2.24. The summed E-state index contributed by atoms with van der Waals surface area (Å²) in [6.45, 7) is 0.590. The minimum Gasteiger partial charge on any atom is -0.398 e. The first-order valence-electron chi connectivity index (χ1n) is 6.12. The van der Waals surface area contributed by atoms with Crippen LogP contribution in [0.3, 0.4) is 0 Å². The van der Waals surface area contributed by atoms with Crippen LogP contribution in [0, 0.1) is 0 Å². The second kappa shape index (κ2) is 5.61. The maximum absolute atomic E-state index is 12.5. The fraction of sp³-hybridized carbons (Fsp3) is 0.385. The molecule has 1 fully saturated rings. The molecule has 2 amide bonds. The summed E-state index contributed by atoms with van der Waals surface area (Å²) in [5.41, 5.74) is 6.73.